The number of benzene rings is 2. The van der Waals surface area contributed by atoms with E-state index in [1.807, 2.05) is 6.07 Å². The van der Waals surface area contributed by atoms with Crippen LogP contribution in [0.1, 0.15) is 32.1 Å². The Bertz CT molecular complexity index is 1860. The first-order valence-corrected chi connectivity index (χ1v) is 16.7. The van der Waals surface area contributed by atoms with Crippen LogP contribution in [0, 0.1) is 5.82 Å². The van der Waals surface area contributed by atoms with Gasteiger partial charge in [-0.1, -0.05) is 23.2 Å². The number of ether oxygens (including phenoxy) is 2. The molecule has 0 amide bonds. The summed E-state index contributed by atoms with van der Waals surface area (Å²) >= 11 is 15.3. The van der Waals surface area contributed by atoms with Crippen LogP contribution in [-0.2, 0) is 0 Å². The Kier molecular flexibility index (Phi) is 6.21. The van der Waals surface area contributed by atoms with Crippen LogP contribution in [0.5, 0.6) is 11.8 Å². The molecular formula is C31H30Cl2F2N6O2S. The van der Waals surface area contributed by atoms with Crippen LogP contribution in [0.3, 0.4) is 0 Å². The number of nitrogens with one attached hydrogen (secondary N) is 1. The molecule has 230 valence electrons. The number of fused-ring (bicyclic) bond motifs is 7. The number of nitrogens with zero attached hydrogens (tertiary/aromatic N) is 4. The van der Waals surface area contributed by atoms with E-state index in [1.54, 1.807) is 12.1 Å². The third kappa shape index (κ3) is 3.98. The molecule has 4 fully saturated rings. The van der Waals surface area contributed by atoms with Crippen LogP contribution in [0.15, 0.2) is 18.2 Å². The van der Waals surface area contributed by atoms with Crippen molar-refractivity contribution >= 4 is 66.3 Å². The number of halogens is 4. The number of anilines is 2. The molecule has 5 aliphatic heterocycles. The van der Waals surface area contributed by atoms with Gasteiger partial charge in [-0.15, -0.1) is 11.3 Å². The summed E-state index contributed by atoms with van der Waals surface area (Å²) in [6.07, 6.45) is 3.41. The molecule has 3 N–H and O–H groups in total. The Balaban J connectivity index is 1.25. The standard InChI is InChI=1S/C31H30Cl2F2N6O2S/c32-17-3-5-20-16(8-21(36)44-20)22(17)23-25(33)28-24-27(26(23)35)38-30(43-13-31-6-1-7-40(31)10-14(34)9-31)39-29(24)41-11-15-2-4-18(37-15)19(41)12-42-28/h3,5,8,14-15,18-19,37H,1-2,4,6-7,9-13,36H2/t14-,15?,18?,19?,31+/m1/s1. The zero-order valence-electron chi connectivity index (χ0n) is 23.7. The maximum Gasteiger partial charge on any atom is 0.319 e. The number of nitrogens with two attached hydrogens (primary N) is 1. The summed E-state index contributed by atoms with van der Waals surface area (Å²) < 4.78 is 45.3. The third-order valence-electron chi connectivity index (χ3n) is 10.3. The lowest BCUT2D eigenvalue weighted by Crippen LogP contribution is -2.60. The van der Waals surface area contributed by atoms with Crippen LogP contribution in [0.25, 0.3) is 32.1 Å². The van der Waals surface area contributed by atoms with E-state index in [9.17, 15) is 4.39 Å². The summed E-state index contributed by atoms with van der Waals surface area (Å²) in [6, 6.07) is 5.89. The fraction of sp³-hybridized carbons (Fsp3) is 0.484. The summed E-state index contributed by atoms with van der Waals surface area (Å²) in [6.45, 7) is 2.52. The molecule has 0 spiro atoms. The molecule has 4 aromatic rings. The molecule has 8 nitrogen and oxygen atoms in total. The van der Waals surface area contributed by atoms with Crippen LogP contribution >= 0.6 is 34.5 Å². The molecule has 3 unspecified atom stereocenters. The molecule has 4 saturated heterocycles. The number of hydrogen-bond acceptors (Lipinski definition) is 9. The summed E-state index contributed by atoms with van der Waals surface area (Å²) in [7, 11) is 0. The summed E-state index contributed by atoms with van der Waals surface area (Å²) in [5, 5.41) is 5.86. The Morgan fingerprint density at radius 3 is 2.98 bits per heavy atom. The minimum atomic E-state index is -0.890. The average Bonchev–Trinajstić information content (AvgIpc) is 3.73. The van der Waals surface area contributed by atoms with Gasteiger partial charge in [0.05, 0.1) is 27.0 Å². The first-order chi connectivity index (χ1) is 21.3. The predicted molar refractivity (Wildman–Crippen MR) is 170 cm³/mol. The maximum absolute atomic E-state index is 17.1. The lowest BCUT2D eigenvalue weighted by molar-refractivity contribution is 0.107. The van der Waals surface area contributed by atoms with Crippen molar-refractivity contribution < 1.29 is 18.3 Å². The molecule has 5 aliphatic rings. The highest BCUT2D eigenvalue weighted by Crippen LogP contribution is 2.52. The summed E-state index contributed by atoms with van der Waals surface area (Å²) in [5.41, 5.74) is 6.35. The number of piperazine rings is 1. The molecule has 0 aliphatic carbocycles. The molecule has 2 aromatic carbocycles. The van der Waals surface area contributed by atoms with Crippen molar-refractivity contribution in [3.05, 3.63) is 34.1 Å². The minimum absolute atomic E-state index is 0.0376. The zero-order valence-corrected chi connectivity index (χ0v) is 26.0. The van der Waals surface area contributed by atoms with Gasteiger partial charge in [-0.25, -0.2) is 8.78 Å². The van der Waals surface area contributed by atoms with Crippen molar-refractivity contribution in [2.24, 2.45) is 0 Å². The Morgan fingerprint density at radius 2 is 2.09 bits per heavy atom. The number of hydrogen-bond donors (Lipinski definition) is 2. The highest BCUT2D eigenvalue weighted by atomic mass is 35.5. The molecule has 13 heteroatoms. The monoisotopic (exact) mass is 658 g/mol. The van der Waals surface area contributed by atoms with Gasteiger partial charge >= 0.3 is 6.01 Å². The number of nitrogen functional groups attached to an aromatic ring is 1. The predicted octanol–water partition coefficient (Wildman–Crippen LogP) is 6.20. The fourth-order valence-electron chi connectivity index (χ4n) is 8.37. The van der Waals surface area contributed by atoms with Gasteiger partial charge in [-0.2, -0.15) is 9.97 Å². The van der Waals surface area contributed by atoms with Gasteiger partial charge < -0.3 is 25.4 Å². The van der Waals surface area contributed by atoms with Crippen LogP contribution in [-0.4, -0.2) is 77.6 Å². The Hall–Kier alpha value is -2.70. The van der Waals surface area contributed by atoms with E-state index in [2.05, 4.69) is 20.1 Å². The molecular weight excluding hydrogens is 629 g/mol. The largest absolute Gasteiger partial charge is 0.489 e. The molecule has 0 saturated carbocycles. The van der Waals surface area contributed by atoms with Crippen LogP contribution < -0.4 is 25.4 Å². The van der Waals surface area contributed by atoms with Gasteiger partial charge in [0, 0.05) is 57.8 Å². The second-order valence-electron chi connectivity index (χ2n) is 12.8. The first kappa shape index (κ1) is 27.6. The number of aromatic nitrogens is 2. The van der Waals surface area contributed by atoms with E-state index in [4.69, 9.17) is 43.4 Å². The molecule has 7 heterocycles. The van der Waals surface area contributed by atoms with Crippen molar-refractivity contribution in [1.29, 1.82) is 0 Å². The molecule has 0 radical (unpaired) electrons. The van der Waals surface area contributed by atoms with Crippen LogP contribution in [0.4, 0.5) is 19.6 Å². The topological polar surface area (TPSA) is 88.8 Å². The summed E-state index contributed by atoms with van der Waals surface area (Å²) in [5.74, 6) is 0.248. The van der Waals surface area contributed by atoms with Gasteiger partial charge in [0.1, 0.15) is 30.7 Å². The molecule has 9 rings (SSSR count). The zero-order chi connectivity index (χ0) is 29.9. The van der Waals surface area contributed by atoms with Crippen LogP contribution in [0.2, 0.25) is 10.0 Å². The van der Waals surface area contributed by atoms with Crippen molar-refractivity contribution in [3.63, 3.8) is 0 Å². The van der Waals surface area contributed by atoms with E-state index in [-0.39, 0.29) is 46.8 Å². The fourth-order valence-corrected chi connectivity index (χ4v) is 9.80. The van der Waals surface area contributed by atoms with Crippen molar-refractivity contribution in [3.8, 4) is 22.9 Å². The highest BCUT2D eigenvalue weighted by Gasteiger charge is 2.50. The van der Waals surface area contributed by atoms with E-state index in [0.717, 1.165) is 36.9 Å². The second-order valence-corrected chi connectivity index (χ2v) is 14.7. The first-order valence-electron chi connectivity index (χ1n) is 15.2. The average molecular weight is 660 g/mol. The summed E-state index contributed by atoms with van der Waals surface area (Å²) in [4.78, 5) is 14.0. The Labute approximate surface area is 266 Å². The minimum Gasteiger partial charge on any atom is -0.489 e. The van der Waals surface area contributed by atoms with Crippen molar-refractivity contribution in [2.75, 3.05) is 43.5 Å². The van der Waals surface area contributed by atoms with E-state index < -0.39 is 17.5 Å². The van der Waals surface area contributed by atoms with E-state index in [0.29, 0.717) is 64.0 Å². The van der Waals surface area contributed by atoms with Gasteiger partial charge in [0.2, 0.25) is 0 Å². The smallest absolute Gasteiger partial charge is 0.319 e. The lowest BCUT2D eigenvalue weighted by atomic mass is 9.95. The number of thiophene rings is 1. The molecule has 5 atom stereocenters. The molecule has 2 bridgehead atoms. The van der Waals surface area contributed by atoms with Gasteiger partial charge in [-0.05, 0) is 50.4 Å². The highest BCUT2D eigenvalue weighted by molar-refractivity contribution is 7.22. The van der Waals surface area contributed by atoms with Gasteiger partial charge in [0.25, 0.3) is 0 Å². The number of alkyl halides is 1. The van der Waals surface area contributed by atoms with Crippen molar-refractivity contribution in [2.45, 2.75) is 61.9 Å². The van der Waals surface area contributed by atoms with Gasteiger partial charge in [-0.3, -0.25) is 4.90 Å². The SMILES string of the molecule is Nc1cc2c(-c3c(Cl)c4c5c(nc(OC[C@@]67CCCN6C[C@H](F)C7)nc5c3F)N3CC5CCC(N5)C3CO4)c(Cl)ccc2s1. The second kappa shape index (κ2) is 9.90. The normalized spacial score (nSPS) is 29.2. The third-order valence-corrected chi connectivity index (χ3v) is 11.9. The van der Waals surface area contributed by atoms with E-state index in [1.165, 1.54) is 11.3 Å². The van der Waals surface area contributed by atoms with Gasteiger partial charge in [0.15, 0.2) is 11.6 Å². The molecule has 2 aromatic heterocycles. The van der Waals surface area contributed by atoms with E-state index >= 15 is 4.39 Å². The number of rotatable bonds is 4. The maximum atomic E-state index is 17.1. The molecule has 44 heavy (non-hydrogen) atoms. The van der Waals surface area contributed by atoms with Crippen molar-refractivity contribution in [1.82, 2.24) is 20.2 Å². The lowest BCUT2D eigenvalue weighted by Gasteiger charge is -2.40. The Morgan fingerprint density at radius 1 is 1.20 bits per heavy atom. The quantitative estimate of drug-likeness (QED) is 0.268.